The molecule has 0 saturated carbocycles. The summed E-state index contributed by atoms with van der Waals surface area (Å²) in [6.45, 7) is 2.16. The number of hydrogen-bond donors (Lipinski definition) is 1. The monoisotopic (exact) mass is 339 g/mol. The van der Waals surface area contributed by atoms with Gasteiger partial charge in [-0.25, -0.2) is 0 Å². The summed E-state index contributed by atoms with van der Waals surface area (Å²) < 4.78 is 8.55. The van der Waals surface area contributed by atoms with E-state index < -0.39 is 0 Å². The SMILES string of the molecule is CNC(c1csc2c(Br)cccc12)C1CCC(C)O1. The molecule has 1 fully saturated rings. The minimum absolute atomic E-state index is 0.285. The molecule has 0 amide bonds. The summed E-state index contributed by atoms with van der Waals surface area (Å²) in [5, 5.41) is 7.05. The highest BCUT2D eigenvalue weighted by Crippen LogP contribution is 2.38. The summed E-state index contributed by atoms with van der Waals surface area (Å²) in [5.74, 6) is 0. The minimum Gasteiger partial charge on any atom is -0.373 e. The van der Waals surface area contributed by atoms with Gasteiger partial charge in [-0.2, -0.15) is 0 Å². The Hall–Kier alpha value is -0.420. The maximum atomic E-state index is 6.05. The van der Waals surface area contributed by atoms with E-state index in [0.29, 0.717) is 6.10 Å². The van der Waals surface area contributed by atoms with E-state index in [1.807, 2.05) is 7.05 Å². The van der Waals surface area contributed by atoms with Crippen molar-refractivity contribution in [2.24, 2.45) is 0 Å². The van der Waals surface area contributed by atoms with Crippen molar-refractivity contribution in [1.29, 1.82) is 0 Å². The second-order valence-electron chi connectivity index (χ2n) is 5.14. The third kappa shape index (κ3) is 2.47. The first-order valence-corrected chi connectivity index (χ1v) is 8.36. The van der Waals surface area contributed by atoms with Crippen LogP contribution in [0.5, 0.6) is 0 Å². The van der Waals surface area contributed by atoms with Crippen molar-refractivity contribution in [1.82, 2.24) is 5.32 Å². The van der Waals surface area contributed by atoms with Gasteiger partial charge in [-0.05, 0) is 65.1 Å². The molecule has 0 bridgehead atoms. The van der Waals surface area contributed by atoms with Crippen LogP contribution in [0.2, 0.25) is 0 Å². The third-order valence-electron chi connectivity index (χ3n) is 3.86. The van der Waals surface area contributed by atoms with Crippen LogP contribution in [-0.2, 0) is 4.74 Å². The molecule has 19 heavy (non-hydrogen) atoms. The zero-order chi connectivity index (χ0) is 13.4. The summed E-state index contributed by atoms with van der Waals surface area (Å²) >= 11 is 5.43. The average molecular weight is 340 g/mol. The molecule has 2 aromatic rings. The molecule has 1 N–H and O–H groups in total. The number of ether oxygens (including phenoxy) is 1. The lowest BCUT2D eigenvalue weighted by Crippen LogP contribution is -2.29. The normalized spacial score (nSPS) is 25.0. The van der Waals surface area contributed by atoms with E-state index >= 15 is 0 Å². The molecule has 1 aliphatic heterocycles. The summed E-state index contributed by atoms with van der Waals surface area (Å²) in [6, 6.07) is 6.70. The van der Waals surface area contributed by atoms with Crippen LogP contribution in [0.1, 0.15) is 31.4 Å². The van der Waals surface area contributed by atoms with Gasteiger partial charge in [0.25, 0.3) is 0 Å². The number of rotatable bonds is 3. The molecule has 3 unspecified atom stereocenters. The Balaban J connectivity index is 2.00. The van der Waals surface area contributed by atoms with Crippen LogP contribution in [0.4, 0.5) is 0 Å². The quantitative estimate of drug-likeness (QED) is 0.889. The topological polar surface area (TPSA) is 21.3 Å². The van der Waals surface area contributed by atoms with Crippen molar-refractivity contribution in [3.8, 4) is 0 Å². The van der Waals surface area contributed by atoms with Crippen molar-refractivity contribution in [2.75, 3.05) is 7.05 Å². The van der Waals surface area contributed by atoms with Crippen molar-refractivity contribution >= 4 is 37.4 Å². The van der Waals surface area contributed by atoms with Crippen LogP contribution in [0.25, 0.3) is 10.1 Å². The highest BCUT2D eigenvalue weighted by atomic mass is 79.9. The van der Waals surface area contributed by atoms with E-state index in [-0.39, 0.29) is 12.1 Å². The van der Waals surface area contributed by atoms with Crippen LogP contribution in [-0.4, -0.2) is 19.3 Å². The van der Waals surface area contributed by atoms with Crippen LogP contribution in [0, 0.1) is 0 Å². The Labute approximate surface area is 126 Å². The highest BCUT2D eigenvalue weighted by Gasteiger charge is 2.31. The molecule has 1 aromatic heterocycles. The molecule has 3 rings (SSSR count). The zero-order valence-corrected chi connectivity index (χ0v) is 13.6. The Morgan fingerprint density at radius 3 is 2.95 bits per heavy atom. The summed E-state index contributed by atoms with van der Waals surface area (Å²) in [7, 11) is 2.03. The van der Waals surface area contributed by atoms with Gasteiger partial charge in [-0.1, -0.05) is 12.1 Å². The average Bonchev–Trinajstić information content (AvgIpc) is 2.99. The Bertz CT molecular complexity index is 583. The Morgan fingerprint density at radius 2 is 2.26 bits per heavy atom. The predicted molar refractivity (Wildman–Crippen MR) is 84.9 cm³/mol. The van der Waals surface area contributed by atoms with E-state index in [2.05, 4.69) is 51.7 Å². The second kappa shape index (κ2) is 5.52. The number of fused-ring (bicyclic) bond motifs is 1. The summed E-state index contributed by atoms with van der Waals surface area (Å²) in [5.41, 5.74) is 1.36. The molecule has 0 radical (unpaired) electrons. The Kier molecular flexibility index (Phi) is 3.94. The van der Waals surface area contributed by atoms with Gasteiger partial charge in [0.2, 0.25) is 0 Å². The van der Waals surface area contributed by atoms with E-state index in [4.69, 9.17) is 4.74 Å². The number of halogens is 1. The highest BCUT2D eigenvalue weighted by molar-refractivity contribution is 9.10. The fourth-order valence-electron chi connectivity index (χ4n) is 2.90. The van der Waals surface area contributed by atoms with Crippen molar-refractivity contribution < 1.29 is 4.74 Å². The first-order valence-electron chi connectivity index (χ1n) is 6.69. The van der Waals surface area contributed by atoms with Gasteiger partial charge >= 0.3 is 0 Å². The smallest absolute Gasteiger partial charge is 0.0774 e. The summed E-state index contributed by atoms with van der Waals surface area (Å²) in [4.78, 5) is 0. The van der Waals surface area contributed by atoms with Gasteiger partial charge in [0.05, 0.1) is 18.2 Å². The first kappa shape index (κ1) is 13.6. The van der Waals surface area contributed by atoms with Gasteiger partial charge in [0, 0.05) is 9.17 Å². The lowest BCUT2D eigenvalue weighted by molar-refractivity contribution is 0.0337. The maximum absolute atomic E-state index is 6.05. The van der Waals surface area contributed by atoms with Crippen LogP contribution < -0.4 is 5.32 Å². The van der Waals surface area contributed by atoms with Gasteiger partial charge in [-0.3, -0.25) is 0 Å². The Morgan fingerprint density at radius 1 is 1.42 bits per heavy atom. The standard InChI is InChI=1S/C15H18BrNOS/c1-9-6-7-13(18-9)14(17-2)11-8-19-15-10(11)4-3-5-12(15)16/h3-5,8-9,13-14,17H,6-7H2,1-2H3. The second-order valence-corrected chi connectivity index (χ2v) is 6.87. The van der Waals surface area contributed by atoms with Gasteiger partial charge in [-0.15, -0.1) is 11.3 Å². The number of nitrogens with one attached hydrogen (secondary N) is 1. The fourth-order valence-corrected chi connectivity index (χ4v) is 4.56. The lowest BCUT2D eigenvalue weighted by Gasteiger charge is -2.23. The van der Waals surface area contributed by atoms with E-state index in [1.54, 1.807) is 11.3 Å². The molecule has 1 saturated heterocycles. The van der Waals surface area contributed by atoms with Crippen molar-refractivity contribution in [3.05, 3.63) is 33.6 Å². The molecule has 0 spiro atoms. The van der Waals surface area contributed by atoms with Crippen LogP contribution in [0.15, 0.2) is 28.1 Å². The molecule has 1 aromatic carbocycles. The van der Waals surface area contributed by atoms with Gasteiger partial charge < -0.3 is 10.1 Å². The van der Waals surface area contributed by atoms with Crippen molar-refractivity contribution in [3.63, 3.8) is 0 Å². The van der Waals surface area contributed by atoms with Crippen LogP contribution in [0.3, 0.4) is 0 Å². The molecular weight excluding hydrogens is 322 g/mol. The lowest BCUT2D eigenvalue weighted by atomic mass is 9.99. The number of hydrogen-bond acceptors (Lipinski definition) is 3. The molecule has 1 aliphatic rings. The number of thiophene rings is 1. The first-order chi connectivity index (χ1) is 9.20. The molecule has 0 aliphatic carbocycles. The van der Waals surface area contributed by atoms with Gasteiger partial charge in [0.15, 0.2) is 0 Å². The molecule has 2 nitrogen and oxygen atoms in total. The summed E-state index contributed by atoms with van der Waals surface area (Å²) in [6.07, 6.45) is 2.97. The van der Waals surface area contributed by atoms with Gasteiger partial charge in [0.1, 0.15) is 0 Å². The largest absolute Gasteiger partial charge is 0.373 e. The van der Waals surface area contributed by atoms with E-state index in [1.165, 1.54) is 20.1 Å². The fraction of sp³-hybridized carbons (Fsp3) is 0.467. The maximum Gasteiger partial charge on any atom is 0.0774 e. The van der Waals surface area contributed by atoms with Crippen LogP contribution >= 0.6 is 27.3 Å². The number of likely N-dealkylation sites (N-methyl/N-ethyl adjacent to an activating group) is 1. The predicted octanol–water partition coefficient (Wildman–Crippen LogP) is 4.49. The third-order valence-corrected chi connectivity index (χ3v) is 5.83. The van der Waals surface area contributed by atoms with E-state index in [0.717, 1.165) is 12.8 Å². The molecule has 3 atom stereocenters. The minimum atomic E-state index is 0.285. The molecule has 102 valence electrons. The zero-order valence-electron chi connectivity index (χ0n) is 11.2. The molecule has 4 heteroatoms. The van der Waals surface area contributed by atoms with E-state index in [9.17, 15) is 0 Å². The molecular formula is C15H18BrNOS. The van der Waals surface area contributed by atoms with Crippen molar-refractivity contribution in [2.45, 2.75) is 38.0 Å². The number of benzene rings is 1. The molecule has 2 heterocycles.